The Morgan fingerprint density at radius 2 is 1.29 bits per heavy atom. The number of carbonyl (C=O) groups is 1. The summed E-state index contributed by atoms with van der Waals surface area (Å²) in [5, 5.41) is 16.7. The third-order valence-corrected chi connectivity index (χ3v) is 18.9. The first kappa shape index (κ1) is 46.7. The Bertz CT molecular complexity index is 1990. The van der Waals surface area contributed by atoms with Gasteiger partial charge in [0.25, 0.3) is 0 Å². The number of hydrogen-bond donors (Lipinski definition) is 1. The monoisotopic (exact) mass is 955 g/mol. The van der Waals surface area contributed by atoms with Crippen LogP contribution in [0.5, 0.6) is 0 Å². The van der Waals surface area contributed by atoms with Crippen LogP contribution in [0.4, 0.5) is 0 Å². The molecule has 0 saturated carbocycles. The van der Waals surface area contributed by atoms with Gasteiger partial charge in [-0.1, -0.05) is 149 Å². The van der Waals surface area contributed by atoms with Gasteiger partial charge in [0, 0.05) is 59.3 Å². The largest absolute Gasteiger partial charge is 0.512 e. The van der Waals surface area contributed by atoms with Gasteiger partial charge < -0.3 is 5.11 Å². The van der Waals surface area contributed by atoms with Crippen LogP contribution in [0.2, 0.25) is 18.1 Å². The van der Waals surface area contributed by atoms with Gasteiger partial charge in [-0.15, -0.1) is 40.5 Å². The van der Waals surface area contributed by atoms with Crippen molar-refractivity contribution >= 4 is 61.3 Å². The third-order valence-electron chi connectivity index (χ3n) is 11.1. The molecular formula is C49H68IrNO2SSi-. The van der Waals surface area contributed by atoms with Crippen molar-refractivity contribution in [3.63, 3.8) is 0 Å². The number of aromatic nitrogens is 1. The molecule has 3 aromatic carbocycles. The summed E-state index contributed by atoms with van der Waals surface area (Å²) in [6, 6.07) is 28.3. The molecule has 0 saturated heterocycles. The Hall–Kier alpha value is -2.63. The SMILES string of the molecule is CC(C)C[Si](CC(C)C)(CC(C)C)c1cccc2c1sc1c(-c3[c-]c4ccccc4c(C(C)C)c3)nccc12.CCC(CC)C(=O)/C=C(\O)C(CC)CC.[Ir]. The molecule has 0 amide bonds. The number of allylic oxidation sites excluding steroid dienone is 2. The third kappa shape index (κ3) is 11.3. The van der Waals surface area contributed by atoms with Crippen LogP contribution in [0.3, 0.4) is 0 Å². The molecule has 0 spiro atoms. The number of fused-ring (bicyclic) bond motifs is 4. The van der Waals surface area contributed by atoms with Gasteiger partial charge in [-0.25, -0.2) is 0 Å². The first-order valence-electron chi connectivity index (χ1n) is 20.9. The number of thiophene rings is 1. The predicted octanol–water partition coefficient (Wildman–Crippen LogP) is 14.7. The summed E-state index contributed by atoms with van der Waals surface area (Å²) in [4.78, 5) is 16.7. The second-order valence-electron chi connectivity index (χ2n) is 17.2. The second kappa shape index (κ2) is 21.2. The average Bonchev–Trinajstić information content (AvgIpc) is 3.50. The van der Waals surface area contributed by atoms with Gasteiger partial charge in [0.1, 0.15) is 0 Å². The molecule has 1 radical (unpaired) electrons. The molecular weight excluding hydrogens is 887 g/mol. The summed E-state index contributed by atoms with van der Waals surface area (Å²) >= 11 is 1.99. The second-order valence-corrected chi connectivity index (χ2v) is 22.6. The van der Waals surface area contributed by atoms with E-state index >= 15 is 0 Å². The van der Waals surface area contributed by atoms with Crippen LogP contribution in [0.1, 0.15) is 120 Å². The first-order valence-corrected chi connectivity index (χ1v) is 24.3. The van der Waals surface area contributed by atoms with E-state index in [-0.39, 0.29) is 43.5 Å². The van der Waals surface area contributed by atoms with Crippen LogP contribution in [-0.4, -0.2) is 23.9 Å². The number of carbonyl (C=O) groups excluding carboxylic acids is 1. The molecule has 0 atom stereocenters. The zero-order valence-corrected chi connectivity index (χ0v) is 40.0. The number of aliphatic hydroxyl groups is 1. The predicted molar refractivity (Wildman–Crippen MR) is 241 cm³/mol. The molecule has 0 fully saturated rings. The van der Waals surface area contributed by atoms with Crippen molar-refractivity contribution in [3.8, 4) is 11.3 Å². The molecule has 2 heterocycles. The molecule has 301 valence electrons. The molecule has 55 heavy (non-hydrogen) atoms. The molecule has 5 aromatic rings. The van der Waals surface area contributed by atoms with Crippen molar-refractivity contribution in [2.75, 3.05) is 0 Å². The normalized spacial score (nSPS) is 12.5. The van der Waals surface area contributed by atoms with Gasteiger partial charge >= 0.3 is 0 Å². The van der Waals surface area contributed by atoms with E-state index in [1.54, 1.807) is 5.19 Å². The van der Waals surface area contributed by atoms with Gasteiger partial charge in [-0.3, -0.25) is 9.78 Å². The Labute approximate surface area is 352 Å². The molecule has 6 heteroatoms. The average molecular weight is 955 g/mol. The Balaban J connectivity index is 0.000000433. The van der Waals surface area contributed by atoms with Crippen molar-refractivity contribution in [2.45, 2.75) is 133 Å². The van der Waals surface area contributed by atoms with Gasteiger partial charge in [0.15, 0.2) is 5.78 Å². The molecule has 0 aliphatic carbocycles. The number of aliphatic hydroxyl groups excluding tert-OH is 1. The van der Waals surface area contributed by atoms with Crippen molar-refractivity contribution in [1.82, 2.24) is 4.98 Å². The molecule has 0 unspecified atom stereocenters. The van der Waals surface area contributed by atoms with E-state index < -0.39 is 8.07 Å². The molecule has 0 aliphatic heterocycles. The van der Waals surface area contributed by atoms with E-state index in [0.717, 1.165) is 36.9 Å². The zero-order chi connectivity index (χ0) is 39.7. The summed E-state index contributed by atoms with van der Waals surface area (Å²) < 4.78 is 2.82. The summed E-state index contributed by atoms with van der Waals surface area (Å²) in [6.07, 6.45) is 6.92. The van der Waals surface area contributed by atoms with Gasteiger partial charge in [-0.05, 0) is 71.4 Å². The van der Waals surface area contributed by atoms with Crippen molar-refractivity contribution < 1.29 is 30.0 Å². The summed E-state index contributed by atoms with van der Waals surface area (Å²) in [7, 11) is -1.76. The number of benzene rings is 3. The minimum absolute atomic E-state index is 0. The van der Waals surface area contributed by atoms with Gasteiger partial charge in [0.05, 0.1) is 13.8 Å². The minimum atomic E-state index is -1.76. The van der Waals surface area contributed by atoms with Crippen LogP contribution in [0.25, 0.3) is 42.2 Å². The van der Waals surface area contributed by atoms with E-state index in [4.69, 9.17) is 4.98 Å². The van der Waals surface area contributed by atoms with E-state index in [1.807, 2.05) is 45.2 Å². The number of hydrogen-bond acceptors (Lipinski definition) is 4. The summed E-state index contributed by atoms with van der Waals surface area (Å²) in [5.74, 6) is 3.10. The van der Waals surface area contributed by atoms with Crippen LogP contribution < -0.4 is 5.19 Å². The van der Waals surface area contributed by atoms with E-state index in [9.17, 15) is 9.90 Å². The number of ketones is 1. The van der Waals surface area contributed by atoms with Crippen LogP contribution in [0, 0.1) is 35.7 Å². The fraction of sp³-hybridized carbons (Fsp3) is 0.510. The van der Waals surface area contributed by atoms with Crippen LogP contribution in [0.15, 0.2) is 72.6 Å². The molecule has 5 rings (SSSR count). The van der Waals surface area contributed by atoms with Crippen LogP contribution in [-0.2, 0) is 24.9 Å². The van der Waals surface area contributed by atoms with Crippen LogP contribution >= 0.6 is 11.3 Å². The Kier molecular flexibility index (Phi) is 18.0. The molecule has 2 aromatic heterocycles. The Morgan fingerprint density at radius 1 is 0.745 bits per heavy atom. The number of nitrogens with zero attached hydrogens (tertiary/aromatic N) is 1. The van der Waals surface area contributed by atoms with E-state index in [1.165, 1.54) is 60.7 Å². The Morgan fingerprint density at radius 3 is 1.84 bits per heavy atom. The zero-order valence-electron chi connectivity index (χ0n) is 35.8. The van der Waals surface area contributed by atoms with E-state index in [0.29, 0.717) is 23.7 Å². The molecule has 1 N–H and O–H groups in total. The minimum Gasteiger partial charge on any atom is -0.512 e. The van der Waals surface area contributed by atoms with Gasteiger partial charge in [0.2, 0.25) is 0 Å². The maximum absolute atomic E-state index is 11.7. The van der Waals surface area contributed by atoms with E-state index in [2.05, 4.69) is 116 Å². The fourth-order valence-electron chi connectivity index (χ4n) is 8.90. The maximum atomic E-state index is 11.7. The fourth-order valence-corrected chi connectivity index (χ4v) is 17.8. The summed E-state index contributed by atoms with van der Waals surface area (Å²) in [6.45, 7) is 27.2. The number of pyridine rings is 1. The molecule has 3 nitrogen and oxygen atoms in total. The molecule has 0 bridgehead atoms. The first-order chi connectivity index (χ1) is 25.7. The standard InChI is InChI=1S/C36H44NSSi.C13H24O2.Ir/c1-23(2)20-39(21-24(3)4,22-25(5)6)33-15-11-14-30-31-16-17-37-34(36(31)38-35(30)33)28-18-27-12-9-10-13-29(27)32(19-28)26(7)8;1-5-10(6-2)12(14)9-13(15)11(7-3)8-4;/h9-17,19,23-26H,20-22H2,1-8H3;9-11,14H,5-8H2,1-4H3;/q-1;;/b;12-9-;. The van der Waals surface area contributed by atoms with Crippen molar-refractivity contribution in [2.24, 2.45) is 29.6 Å². The van der Waals surface area contributed by atoms with Crippen molar-refractivity contribution in [3.05, 3.63) is 84.3 Å². The quantitative estimate of drug-likeness (QED) is 0.0464. The topological polar surface area (TPSA) is 50.2 Å². The molecule has 0 aliphatic rings. The smallest absolute Gasteiger partial charge is 0.162 e. The summed E-state index contributed by atoms with van der Waals surface area (Å²) in [5.41, 5.74) is 3.57. The van der Waals surface area contributed by atoms with Gasteiger partial charge in [-0.2, -0.15) is 0 Å². The number of rotatable bonds is 16. The van der Waals surface area contributed by atoms with Crippen molar-refractivity contribution in [1.29, 1.82) is 0 Å². The maximum Gasteiger partial charge on any atom is 0.162 e.